The molecule has 0 unspecified atom stereocenters. The molecule has 0 saturated carbocycles. The largest absolute Gasteiger partial charge is 0.354 e. The lowest BCUT2D eigenvalue weighted by Gasteiger charge is -2.46. The maximum absolute atomic E-state index is 3.92. The van der Waals surface area contributed by atoms with E-state index < -0.39 is 5.41 Å². The summed E-state index contributed by atoms with van der Waals surface area (Å²) in [4.78, 5) is 6.46. The van der Waals surface area contributed by atoms with E-state index in [4.69, 9.17) is 0 Å². The number of anilines is 3. The van der Waals surface area contributed by atoms with Gasteiger partial charge in [0.2, 0.25) is 0 Å². The molecule has 2 aromatic heterocycles. The van der Waals surface area contributed by atoms with E-state index in [1.807, 2.05) is 11.3 Å². The highest BCUT2D eigenvalue weighted by Crippen LogP contribution is 2.59. The molecule has 54 heavy (non-hydrogen) atoms. The molecule has 1 aliphatic heterocycles. The Labute approximate surface area is 316 Å². The fourth-order valence-electron chi connectivity index (χ4n) is 9.70. The summed E-state index contributed by atoms with van der Waals surface area (Å²) >= 11 is 1.94. The lowest BCUT2D eigenvalue weighted by molar-refractivity contribution is 0.731. The Bertz CT molecular complexity index is 3190. The van der Waals surface area contributed by atoms with Gasteiger partial charge in [-0.25, -0.2) is 0 Å². The van der Waals surface area contributed by atoms with Crippen molar-refractivity contribution in [1.29, 1.82) is 0 Å². The summed E-state index contributed by atoms with van der Waals surface area (Å²) in [7, 11) is 0. The maximum Gasteiger partial charge on any atom is 0.0742 e. The second-order valence-electron chi connectivity index (χ2n) is 14.4. The average molecular weight is 705 g/mol. The zero-order valence-electron chi connectivity index (χ0n) is 29.3. The quantitative estimate of drug-likeness (QED) is 0.194. The number of hydrogen-bond acceptors (Lipinski definition) is 2. The molecule has 0 fully saturated rings. The van der Waals surface area contributed by atoms with Gasteiger partial charge >= 0.3 is 0 Å². The average Bonchev–Trinajstić information content (AvgIpc) is 3.83. The lowest BCUT2D eigenvalue weighted by Crippen LogP contribution is -2.37. The topological polar surface area (TPSA) is 19.0 Å². The minimum absolute atomic E-state index is 0.521. The van der Waals surface area contributed by atoms with Crippen molar-refractivity contribution in [2.45, 2.75) is 5.41 Å². The zero-order chi connectivity index (χ0) is 35.4. The molecule has 3 heteroatoms. The predicted molar refractivity (Wildman–Crippen MR) is 230 cm³/mol. The minimum Gasteiger partial charge on any atom is -0.354 e. The Morgan fingerprint density at radius 2 is 0.963 bits per heavy atom. The molecule has 3 heterocycles. The highest BCUT2D eigenvalue weighted by Gasteiger charge is 2.46. The molecule has 12 rings (SSSR count). The number of para-hydroxylation sites is 3. The molecule has 1 N–H and O–H groups in total. The summed E-state index contributed by atoms with van der Waals surface area (Å²) < 4.78 is 2.66. The van der Waals surface area contributed by atoms with Gasteiger partial charge in [-0.05, 0) is 57.3 Å². The molecule has 0 radical (unpaired) electrons. The lowest BCUT2D eigenvalue weighted by atomic mass is 9.62. The van der Waals surface area contributed by atoms with Gasteiger partial charge in [-0.15, -0.1) is 11.3 Å². The van der Waals surface area contributed by atoms with Gasteiger partial charge in [0.05, 0.1) is 28.0 Å². The molecule has 9 aromatic carbocycles. The molecule has 252 valence electrons. The molecule has 0 saturated heterocycles. The van der Waals surface area contributed by atoms with Gasteiger partial charge in [0, 0.05) is 47.2 Å². The molecule has 0 bridgehead atoms. The smallest absolute Gasteiger partial charge is 0.0742 e. The number of rotatable bonds is 3. The Hall–Kier alpha value is -6.68. The van der Waals surface area contributed by atoms with Crippen LogP contribution in [-0.4, -0.2) is 4.98 Å². The number of aromatic nitrogens is 1. The molecule has 1 aliphatic rings. The first-order valence-electron chi connectivity index (χ1n) is 18.6. The van der Waals surface area contributed by atoms with Crippen LogP contribution >= 0.6 is 11.3 Å². The van der Waals surface area contributed by atoms with Crippen molar-refractivity contribution in [2.24, 2.45) is 0 Å². The number of fused-ring (bicyclic) bond motifs is 14. The predicted octanol–water partition coefficient (Wildman–Crippen LogP) is 14.2. The van der Waals surface area contributed by atoms with E-state index in [2.05, 4.69) is 198 Å². The normalized spacial score (nSPS) is 13.7. The van der Waals surface area contributed by atoms with Crippen LogP contribution in [0, 0.1) is 0 Å². The van der Waals surface area contributed by atoms with Gasteiger partial charge in [-0.1, -0.05) is 164 Å². The first kappa shape index (κ1) is 29.9. The Morgan fingerprint density at radius 3 is 1.69 bits per heavy atom. The third kappa shape index (κ3) is 3.84. The maximum atomic E-state index is 3.92. The molecule has 0 aliphatic carbocycles. The number of aromatic amines is 1. The van der Waals surface area contributed by atoms with Crippen LogP contribution in [0.5, 0.6) is 0 Å². The van der Waals surface area contributed by atoms with Crippen LogP contribution in [0.3, 0.4) is 0 Å². The summed E-state index contributed by atoms with van der Waals surface area (Å²) in [5.41, 5.74) is 10.4. The highest BCUT2D eigenvalue weighted by molar-refractivity contribution is 7.28. The van der Waals surface area contributed by atoms with E-state index in [0.29, 0.717) is 0 Å². The molecule has 0 atom stereocenters. The summed E-state index contributed by atoms with van der Waals surface area (Å²) in [6, 6.07) is 69.5. The first-order chi connectivity index (χ1) is 26.8. The van der Waals surface area contributed by atoms with E-state index in [1.54, 1.807) is 0 Å². The van der Waals surface area contributed by atoms with Crippen molar-refractivity contribution in [3.63, 3.8) is 0 Å². The van der Waals surface area contributed by atoms with Crippen LogP contribution in [0.1, 0.15) is 22.3 Å². The van der Waals surface area contributed by atoms with Gasteiger partial charge < -0.3 is 9.88 Å². The fraction of sp³-hybridized carbons (Fsp3) is 0.0196. The third-order valence-electron chi connectivity index (χ3n) is 11.8. The van der Waals surface area contributed by atoms with Crippen molar-refractivity contribution in [3.05, 3.63) is 210 Å². The Kier molecular flexibility index (Phi) is 6.17. The number of nitrogens with one attached hydrogen (secondary N) is 1. The van der Waals surface area contributed by atoms with Crippen LogP contribution in [0.4, 0.5) is 17.1 Å². The van der Waals surface area contributed by atoms with E-state index in [-0.39, 0.29) is 0 Å². The number of benzene rings is 9. The van der Waals surface area contributed by atoms with Crippen molar-refractivity contribution < 1.29 is 0 Å². The standard InChI is InChI=1S/C51H32N2S/c1-3-17-33(18-4-1)51(34-19-5-2-6-20-34)39-24-10-13-27-42(39)53(43-28-14-11-25-40(43)51)44-29-15-23-37-45(44)50-47(46-36-22-9-12-26-41(36)52-48(37)46)38-31-30-32-16-7-8-21-35(32)49(38)54-50/h1-31,52H. The molecular weight excluding hydrogens is 673 g/mol. The minimum atomic E-state index is -0.521. The number of nitrogens with zero attached hydrogens (tertiary/aromatic N) is 1. The van der Waals surface area contributed by atoms with Crippen LogP contribution < -0.4 is 4.90 Å². The second kappa shape index (κ2) is 11.2. The third-order valence-corrected chi connectivity index (χ3v) is 13.1. The molecule has 0 spiro atoms. The van der Waals surface area contributed by atoms with Gasteiger partial charge in [-0.3, -0.25) is 0 Å². The first-order valence-corrected chi connectivity index (χ1v) is 19.4. The van der Waals surface area contributed by atoms with Crippen molar-refractivity contribution in [3.8, 4) is 0 Å². The van der Waals surface area contributed by atoms with Crippen molar-refractivity contribution in [1.82, 2.24) is 4.98 Å². The molecule has 11 aromatic rings. The van der Waals surface area contributed by atoms with E-state index in [9.17, 15) is 0 Å². The van der Waals surface area contributed by atoms with Crippen LogP contribution in [-0.2, 0) is 5.41 Å². The van der Waals surface area contributed by atoms with E-state index in [0.717, 1.165) is 5.52 Å². The van der Waals surface area contributed by atoms with Crippen LogP contribution in [0.2, 0.25) is 0 Å². The fourth-order valence-corrected chi connectivity index (χ4v) is 11.1. The number of hydrogen-bond donors (Lipinski definition) is 1. The van der Waals surface area contributed by atoms with Crippen LogP contribution in [0.15, 0.2) is 188 Å². The SMILES string of the molecule is c1ccc(C2(c3ccccc3)c3ccccc3N(c3cccc4c5[nH]c6ccccc6c5c5c6ccc7ccccc7c6sc5c34)c3ccccc32)cc1. The summed E-state index contributed by atoms with van der Waals surface area (Å²) in [6.45, 7) is 0. The van der Waals surface area contributed by atoms with Crippen molar-refractivity contribution >= 4 is 91.9 Å². The van der Waals surface area contributed by atoms with E-state index in [1.165, 1.54) is 97.3 Å². The zero-order valence-corrected chi connectivity index (χ0v) is 30.1. The van der Waals surface area contributed by atoms with Gasteiger partial charge in [0.15, 0.2) is 0 Å². The Morgan fingerprint density at radius 1 is 0.389 bits per heavy atom. The highest BCUT2D eigenvalue weighted by atomic mass is 32.1. The molecular formula is C51H32N2S. The van der Waals surface area contributed by atoms with Gasteiger partial charge in [-0.2, -0.15) is 0 Å². The summed E-state index contributed by atoms with van der Waals surface area (Å²) in [5.74, 6) is 0. The molecule has 0 amide bonds. The summed E-state index contributed by atoms with van der Waals surface area (Å²) in [5, 5.41) is 10.3. The molecule has 2 nitrogen and oxygen atoms in total. The number of thiophene rings is 1. The Balaban J connectivity index is 1.26. The van der Waals surface area contributed by atoms with E-state index >= 15 is 0 Å². The summed E-state index contributed by atoms with van der Waals surface area (Å²) in [6.07, 6.45) is 0. The second-order valence-corrected chi connectivity index (χ2v) is 15.5. The van der Waals surface area contributed by atoms with Gasteiger partial charge in [0.1, 0.15) is 0 Å². The van der Waals surface area contributed by atoms with Gasteiger partial charge in [0.25, 0.3) is 0 Å². The van der Waals surface area contributed by atoms with Crippen LogP contribution in [0.25, 0.3) is 63.5 Å². The van der Waals surface area contributed by atoms with Crippen molar-refractivity contribution in [2.75, 3.05) is 4.90 Å². The number of H-pyrrole nitrogens is 1. The monoisotopic (exact) mass is 704 g/mol.